The molecule has 0 bridgehead atoms. The molecule has 5 heteroatoms. The largest absolute Gasteiger partial charge is 0.466 e. The highest BCUT2D eigenvalue weighted by Gasteiger charge is 2.56. The van der Waals surface area contributed by atoms with Gasteiger partial charge in [0.2, 0.25) is 0 Å². The van der Waals surface area contributed by atoms with E-state index in [0.29, 0.717) is 5.57 Å². The first-order valence-corrected chi connectivity index (χ1v) is 7.93. The van der Waals surface area contributed by atoms with Gasteiger partial charge in [0.25, 0.3) is 0 Å². The molecule has 24 heavy (non-hydrogen) atoms. The average molecular weight is 340 g/mol. The van der Waals surface area contributed by atoms with Crippen LogP contribution in [0.4, 0.5) is 13.2 Å². The van der Waals surface area contributed by atoms with E-state index < -0.39 is 23.4 Å². The van der Waals surface area contributed by atoms with Crippen molar-refractivity contribution in [3.8, 4) is 0 Å². The Morgan fingerprint density at radius 2 is 1.71 bits per heavy atom. The van der Waals surface area contributed by atoms with E-state index in [1.165, 1.54) is 21.0 Å². The molecule has 2 rings (SSSR count). The Labute approximate surface area is 140 Å². The molecule has 0 unspecified atom stereocenters. The number of methoxy groups -OCH3 is 1. The van der Waals surface area contributed by atoms with Crippen LogP contribution in [0.25, 0.3) is 0 Å². The summed E-state index contributed by atoms with van der Waals surface area (Å²) in [5.74, 6) is -3.16. The summed E-state index contributed by atoms with van der Waals surface area (Å²) in [6, 6.07) is 0. The fraction of sp³-hybridized carbons (Fsp3) is 0.526. The highest BCUT2D eigenvalue weighted by Crippen LogP contribution is 2.61. The maximum absolute atomic E-state index is 14.3. The molecule has 1 aliphatic rings. The fourth-order valence-corrected chi connectivity index (χ4v) is 3.44. The van der Waals surface area contributed by atoms with Crippen LogP contribution in [-0.4, -0.2) is 13.1 Å². The van der Waals surface area contributed by atoms with Crippen LogP contribution in [0.15, 0.2) is 11.6 Å². The van der Waals surface area contributed by atoms with Crippen molar-refractivity contribution in [3.63, 3.8) is 0 Å². The second-order valence-electron chi connectivity index (χ2n) is 7.17. The van der Waals surface area contributed by atoms with Crippen molar-refractivity contribution >= 4 is 5.97 Å². The molecular weight excluding hydrogens is 317 g/mol. The third-order valence-corrected chi connectivity index (χ3v) is 5.40. The molecule has 0 amide bonds. The molecule has 1 aromatic carbocycles. The lowest BCUT2D eigenvalue weighted by Gasteiger charge is -2.12. The van der Waals surface area contributed by atoms with Crippen LogP contribution in [0.5, 0.6) is 0 Å². The van der Waals surface area contributed by atoms with Gasteiger partial charge in [0.15, 0.2) is 11.6 Å². The van der Waals surface area contributed by atoms with Gasteiger partial charge in [0.05, 0.1) is 7.11 Å². The molecule has 0 saturated heterocycles. The van der Waals surface area contributed by atoms with Crippen LogP contribution in [-0.2, 0) is 16.0 Å². The van der Waals surface area contributed by atoms with Crippen molar-refractivity contribution in [2.24, 2.45) is 17.3 Å². The first-order chi connectivity index (χ1) is 11.0. The van der Waals surface area contributed by atoms with Gasteiger partial charge in [-0.1, -0.05) is 19.9 Å². The number of halogens is 3. The molecule has 2 atom stereocenters. The molecule has 132 valence electrons. The van der Waals surface area contributed by atoms with Gasteiger partial charge >= 0.3 is 5.97 Å². The summed E-state index contributed by atoms with van der Waals surface area (Å²) in [7, 11) is 1.31. The highest BCUT2D eigenvalue weighted by molar-refractivity contribution is 5.87. The normalized spacial score (nSPS) is 22.5. The second-order valence-corrected chi connectivity index (χ2v) is 7.17. The number of carbonyl (C=O) groups excluding carboxylic acids is 1. The number of ether oxygens (including phenoxy) is 1. The van der Waals surface area contributed by atoms with E-state index in [9.17, 15) is 18.0 Å². The summed E-state index contributed by atoms with van der Waals surface area (Å²) in [5.41, 5.74) is 0.256. The van der Waals surface area contributed by atoms with Crippen molar-refractivity contribution in [3.05, 3.63) is 45.8 Å². The Morgan fingerprint density at radius 3 is 2.25 bits per heavy atom. The molecule has 2 nitrogen and oxygen atoms in total. The first-order valence-electron chi connectivity index (χ1n) is 7.93. The van der Waals surface area contributed by atoms with Crippen LogP contribution in [0.1, 0.15) is 37.5 Å². The lowest BCUT2D eigenvalue weighted by Crippen LogP contribution is -2.07. The van der Waals surface area contributed by atoms with Crippen LogP contribution >= 0.6 is 0 Å². The average Bonchev–Trinajstić information content (AvgIpc) is 3.05. The number of hydrogen-bond acceptors (Lipinski definition) is 2. The Bertz CT molecular complexity index is 691. The highest BCUT2D eigenvalue weighted by atomic mass is 19.2. The minimum absolute atomic E-state index is 0.00631. The predicted octanol–water partition coefficient (Wildman–Crippen LogP) is 4.65. The van der Waals surface area contributed by atoms with E-state index in [1.54, 1.807) is 6.92 Å². The Morgan fingerprint density at radius 1 is 1.12 bits per heavy atom. The molecule has 0 aliphatic heterocycles. The molecule has 1 aliphatic carbocycles. The minimum atomic E-state index is -1.12. The van der Waals surface area contributed by atoms with Crippen molar-refractivity contribution in [2.75, 3.05) is 7.11 Å². The van der Waals surface area contributed by atoms with Gasteiger partial charge in [0.1, 0.15) is 5.82 Å². The van der Waals surface area contributed by atoms with Crippen molar-refractivity contribution < 1.29 is 22.7 Å². The maximum atomic E-state index is 14.3. The predicted molar refractivity (Wildman–Crippen MR) is 86.0 cm³/mol. The molecule has 1 saturated carbocycles. The van der Waals surface area contributed by atoms with Gasteiger partial charge in [-0.3, -0.25) is 0 Å². The summed E-state index contributed by atoms with van der Waals surface area (Å²) >= 11 is 0. The lowest BCUT2D eigenvalue weighted by molar-refractivity contribution is -0.136. The molecule has 0 heterocycles. The molecular formula is C19H23F3O2. The Kier molecular flexibility index (Phi) is 4.84. The molecule has 1 fully saturated rings. The van der Waals surface area contributed by atoms with Crippen molar-refractivity contribution in [2.45, 2.75) is 41.0 Å². The SMILES string of the molecule is COC(=O)/C(C)=C/[C@@H]1[C@@H](Cc2c(C)c(F)c(C)c(F)c2F)C1(C)C. The zero-order chi connectivity index (χ0) is 18.4. The number of hydrogen-bond donors (Lipinski definition) is 0. The van der Waals surface area contributed by atoms with E-state index in [2.05, 4.69) is 4.74 Å². The van der Waals surface area contributed by atoms with Crippen LogP contribution in [0.2, 0.25) is 0 Å². The van der Waals surface area contributed by atoms with Crippen molar-refractivity contribution in [1.82, 2.24) is 0 Å². The first kappa shape index (κ1) is 18.6. The molecule has 0 aromatic heterocycles. The standard InChI is InChI=1S/C19H23F3O2/c1-9(18(23)24-6)7-13-14(19(13,4)5)8-12-10(2)15(20)11(3)16(21)17(12)22/h7,13-14H,8H2,1-6H3/b9-7+/t13-,14-/m1/s1. The van der Waals surface area contributed by atoms with E-state index >= 15 is 0 Å². The summed E-state index contributed by atoms with van der Waals surface area (Å²) in [4.78, 5) is 11.5. The number of rotatable bonds is 4. The zero-order valence-corrected chi connectivity index (χ0v) is 14.9. The molecule has 0 radical (unpaired) electrons. The zero-order valence-electron chi connectivity index (χ0n) is 14.9. The summed E-state index contributed by atoms with van der Waals surface area (Å²) < 4.78 is 46.9. The Hall–Kier alpha value is -1.78. The monoisotopic (exact) mass is 340 g/mol. The smallest absolute Gasteiger partial charge is 0.333 e. The summed E-state index contributed by atoms with van der Waals surface area (Å²) in [6.07, 6.45) is 2.04. The van der Waals surface area contributed by atoms with E-state index in [0.717, 1.165) is 0 Å². The summed E-state index contributed by atoms with van der Waals surface area (Å²) in [6.45, 7) is 8.36. The van der Waals surface area contributed by atoms with Gasteiger partial charge in [-0.15, -0.1) is 0 Å². The number of esters is 1. The number of allylic oxidation sites excluding steroid dienone is 1. The third-order valence-electron chi connectivity index (χ3n) is 5.40. The van der Waals surface area contributed by atoms with Gasteiger partial charge in [-0.05, 0) is 55.6 Å². The van der Waals surface area contributed by atoms with Gasteiger partial charge in [0, 0.05) is 11.1 Å². The molecule has 0 spiro atoms. The minimum Gasteiger partial charge on any atom is -0.466 e. The van der Waals surface area contributed by atoms with Crippen LogP contribution in [0, 0.1) is 48.5 Å². The quantitative estimate of drug-likeness (QED) is 0.453. The van der Waals surface area contributed by atoms with Gasteiger partial charge in [-0.25, -0.2) is 18.0 Å². The van der Waals surface area contributed by atoms with Crippen LogP contribution < -0.4 is 0 Å². The number of carbonyl (C=O) groups is 1. The maximum Gasteiger partial charge on any atom is 0.333 e. The van der Waals surface area contributed by atoms with E-state index in [4.69, 9.17) is 0 Å². The summed E-state index contributed by atoms with van der Waals surface area (Å²) in [5, 5.41) is 0. The van der Waals surface area contributed by atoms with Crippen molar-refractivity contribution in [1.29, 1.82) is 0 Å². The molecule has 0 N–H and O–H groups in total. The number of benzene rings is 1. The van der Waals surface area contributed by atoms with E-state index in [-0.39, 0.29) is 40.4 Å². The topological polar surface area (TPSA) is 26.3 Å². The third kappa shape index (κ3) is 2.96. The lowest BCUT2D eigenvalue weighted by atomic mass is 9.96. The van der Waals surface area contributed by atoms with Crippen LogP contribution in [0.3, 0.4) is 0 Å². The second kappa shape index (κ2) is 6.26. The van der Waals surface area contributed by atoms with Gasteiger partial charge < -0.3 is 4.74 Å². The van der Waals surface area contributed by atoms with E-state index in [1.807, 2.05) is 19.9 Å². The Balaban J connectivity index is 2.32. The molecule has 1 aromatic rings. The fourth-order valence-electron chi connectivity index (χ4n) is 3.44. The van der Waals surface area contributed by atoms with Gasteiger partial charge in [-0.2, -0.15) is 0 Å².